The fourth-order valence-corrected chi connectivity index (χ4v) is 1.95. The Bertz CT molecular complexity index is 495. The van der Waals surface area contributed by atoms with E-state index in [1.165, 1.54) is 11.8 Å². The van der Waals surface area contributed by atoms with Crippen LogP contribution >= 0.6 is 11.8 Å². The molecule has 18 heavy (non-hydrogen) atoms. The second kappa shape index (κ2) is 7.73. The lowest BCUT2D eigenvalue weighted by Crippen LogP contribution is -1.96. The number of rotatable bonds is 4. The summed E-state index contributed by atoms with van der Waals surface area (Å²) in [5, 5.41) is 0.125. The van der Waals surface area contributed by atoms with Crippen molar-refractivity contribution in [3.05, 3.63) is 35.4 Å². The largest absolute Gasteiger partial charge is 0.300 e. The molecule has 1 aromatic carbocycles. The van der Waals surface area contributed by atoms with Gasteiger partial charge in [-0.25, -0.2) is 0 Å². The smallest absolute Gasteiger partial charge is 0.185 e. The fourth-order valence-electron chi connectivity index (χ4n) is 1.46. The van der Waals surface area contributed by atoms with Crippen LogP contribution in [0, 0.1) is 11.8 Å². The van der Waals surface area contributed by atoms with E-state index in [2.05, 4.69) is 11.8 Å². The molecular formula is C15H16O2S. The van der Waals surface area contributed by atoms with Crippen LogP contribution in [0.4, 0.5) is 0 Å². The summed E-state index contributed by atoms with van der Waals surface area (Å²) in [6.45, 7) is 3.14. The molecule has 2 nitrogen and oxygen atoms in total. The van der Waals surface area contributed by atoms with Gasteiger partial charge in [0.15, 0.2) is 5.12 Å². The van der Waals surface area contributed by atoms with E-state index in [-0.39, 0.29) is 10.9 Å². The van der Waals surface area contributed by atoms with Gasteiger partial charge >= 0.3 is 0 Å². The Morgan fingerprint density at radius 1 is 1.28 bits per heavy atom. The number of ketones is 1. The molecule has 94 valence electrons. The van der Waals surface area contributed by atoms with Crippen molar-refractivity contribution in [1.29, 1.82) is 0 Å². The van der Waals surface area contributed by atoms with Gasteiger partial charge in [-0.1, -0.05) is 35.7 Å². The maximum absolute atomic E-state index is 11.0. The summed E-state index contributed by atoms with van der Waals surface area (Å²) in [5.41, 5.74) is 1.91. The highest BCUT2D eigenvalue weighted by atomic mass is 32.2. The predicted octanol–water partition coefficient (Wildman–Crippen LogP) is 2.84. The Morgan fingerprint density at radius 3 is 2.72 bits per heavy atom. The number of carbonyl (C=O) groups is 2. The SMILES string of the molecule is CC(=O)Cc1cccc(C#CCCSC(C)=O)c1. The van der Waals surface area contributed by atoms with Crippen LogP contribution < -0.4 is 0 Å². The summed E-state index contributed by atoms with van der Waals surface area (Å²) in [4.78, 5) is 21.7. The van der Waals surface area contributed by atoms with Crippen LogP contribution in [-0.4, -0.2) is 16.7 Å². The van der Waals surface area contributed by atoms with Gasteiger partial charge in [-0.05, 0) is 24.6 Å². The molecule has 0 aromatic heterocycles. The molecule has 0 spiro atoms. The van der Waals surface area contributed by atoms with Gasteiger partial charge in [0.05, 0.1) is 0 Å². The standard InChI is InChI=1S/C15H16O2S/c1-12(16)10-15-8-5-7-14(11-15)6-3-4-9-18-13(2)17/h5,7-8,11H,4,9-10H2,1-2H3. The highest BCUT2D eigenvalue weighted by Gasteiger charge is 1.97. The van der Waals surface area contributed by atoms with E-state index in [4.69, 9.17) is 0 Å². The Kier molecular flexibility index (Phi) is 6.24. The quantitative estimate of drug-likeness (QED) is 0.616. The topological polar surface area (TPSA) is 34.1 Å². The second-order valence-corrected chi connectivity index (χ2v) is 5.24. The molecule has 0 bridgehead atoms. The number of hydrogen-bond acceptors (Lipinski definition) is 3. The summed E-state index contributed by atoms with van der Waals surface area (Å²) in [5.74, 6) is 6.96. The lowest BCUT2D eigenvalue weighted by atomic mass is 10.1. The highest BCUT2D eigenvalue weighted by molar-refractivity contribution is 8.13. The molecule has 0 aliphatic carbocycles. The molecule has 0 saturated carbocycles. The summed E-state index contributed by atoms with van der Waals surface area (Å²) < 4.78 is 0. The number of hydrogen-bond donors (Lipinski definition) is 0. The van der Waals surface area contributed by atoms with E-state index >= 15 is 0 Å². The summed E-state index contributed by atoms with van der Waals surface area (Å²) in [6, 6.07) is 7.70. The molecule has 0 aliphatic heterocycles. The molecule has 1 aromatic rings. The van der Waals surface area contributed by atoms with Gasteiger partial charge in [0.25, 0.3) is 0 Å². The van der Waals surface area contributed by atoms with Gasteiger partial charge in [-0.2, -0.15) is 0 Å². The first-order chi connectivity index (χ1) is 8.58. The average Bonchev–Trinajstić information content (AvgIpc) is 2.27. The Morgan fingerprint density at radius 2 is 2.06 bits per heavy atom. The normalized spacial score (nSPS) is 9.44. The van der Waals surface area contributed by atoms with E-state index in [0.717, 1.165) is 16.9 Å². The van der Waals surface area contributed by atoms with Crippen molar-refractivity contribution in [3.8, 4) is 11.8 Å². The zero-order chi connectivity index (χ0) is 13.4. The minimum atomic E-state index is 0.125. The molecule has 0 N–H and O–H groups in total. The van der Waals surface area contributed by atoms with Crippen LogP contribution in [-0.2, 0) is 16.0 Å². The fraction of sp³-hybridized carbons (Fsp3) is 0.333. The number of Topliss-reactive ketones (excluding diaryl/α,β-unsaturated/α-hetero) is 1. The van der Waals surface area contributed by atoms with Crippen molar-refractivity contribution in [1.82, 2.24) is 0 Å². The molecule has 3 heteroatoms. The Hall–Kier alpha value is -1.53. The van der Waals surface area contributed by atoms with Crippen LogP contribution in [0.1, 0.15) is 31.4 Å². The molecule has 0 amide bonds. The molecule has 0 aliphatic rings. The Labute approximate surface area is 112 Å². The average molecular weight is 260 g/mol. The molecule has 0 radical (unpaired) electrons. The number of thioether (sulfide) groups is 1. The zero-order valence-corrected chi connectivity index (χ0v) is 11.5. The van der Waals surface area contributed by atoms with Crippen LogP contribution in [0.15, 0.2) is 24.3 Å². The van der Waals surface area contributed by atoms with Gasteiger partial charge < -0.3 is 0 Å². The summed E-state index contributed by atoms with van der Waals surface area (Å²) in [6.07, 6.45) is 1.15. The van der Waals surface area contributed by atoms with E-state index in [9.17, 15) is 9.59 Å². The first-order valence-electron chi connectivity index (χ1n) is 5.78. The lowest BCUT2D eigenvalue weighted by Gasteiger charge is -1.98. The lowest BCUT2D eigenvalue weighted by molar-refractivity contribution is -0.116. The molecule has 0 atom stereocenters. The van der Waals surface area contributed by atoms with Gasteiger partial charge in [0.1, 0.15) is 5.78 Å². The number of benzene rings is 1. The van der Waals surface area contributed by atoms with E-state index in [1.54, 1.807) is 13.8 Å². The van der Waals surface area contributed by atoms with Crippen LogP contribution in [0.2, 0.25) is 0 Å². The van der Waals surface area contributed by atoms with E-state index in [0.29, 0.717) is 12.8 Å². The maximum Gasteiger partial charge on any atom is 0.185 e. The van der Waals surface area contributed by atoms with Crippen LogP contribution in [0.25, 0.3) is 0 Å². The third-order valence-corrected chi connectivity index (χ3v) is 2.96. The first-order valence-corrected chi connectivity index (χ1v) is 6.77. The van der Waals surface area contributed by atoms with Gasteiger partial charge in [-0.3, -0.25) is 9.59 Å². The number of carbonyl (C=O) groups excluding carboxylic acids is 2. The predicted molar refractivity (Wildman–Crippen MR) is 75.5 cm³/mol. The second-order valence-electron chi connectivity index (χ2n) is 3.97. The zero-order valence-electron chi connectivity index (χ0n) is 10.7. The van der Waals surface area contributed by atoms with Crippen molar-refractivity contribution in [2.75, 3.05) is 5.75 Å². The molecule has 0 unspecified atom stereocenters. The van der Waals surface area contributed by atoms with Crippen molar-refractivity contribution in [2.24, 2.45) is 0 Å². The third kappa shape index (κ3) is 6.27. The molecule has 0 fully saturated rings. The molecular weight excluding hydrogens is 244 g/mol. The monoisotopic (exact) mass is 260 g/mol. The van der Waals surface area contributed by atoms with E-state index in [1.807, 2.05) is 24.3 Å². The maximum atomic E-state index is 11.0. The summed E-state index contributed by atoms with van der Waals surface area (Å²) >= 11 is 1.29. The molecule has 0 saturated heterocycles. The highest BCUT2D eigenvalue weighted by Crippen LogP contribution is 2.06. The van der Waals surface area contributed by atoms with Crippen molar-refractivity contribution in [3.63, 3.8) is 0 Å². The van der Waals surface area contributed by atoms with Gasteiger partial charge in [-0.15, -0.1) is 0 Å². The van der Waals surface area contributed by atoms with Crippen molar-refractivity contribution in [2.45, 2.75) is 26.7 Å². The first kappa shape index (κ1) is 14.5. The molecule has 1 rings (SSSR count). The minimum absolute atomic E-state index is 0.125. The summed E-state index contributed by atoms with van der Waals surface area (Å²) in [7, 11) is 0. The van der Waals surface area contributed by atoms with Crippen molar-refractivity contribution >= 4 is 22.7 Å². The van der Waals surface area contributed by atoms with Crippen LogP contribution in [0.5, 0.6) is 0 Å². The van der Waals surface area contributed by atoms with Gasteiger partial charge in [0, 0.05) is 31.1 Å². The minimum Gasteiger partial charge on any atom is -0.300 e. The van der Waals surface area contributed by atoms with Gasteiger partial charge in [0.2, 0.25) is 0 Å². The third-order valence-electron chi connectivity index (χ3n) is 2.15. The molecule has 0 heterocycles. The van der Waals surface area contributed by atoms with Crippen molar-refractivity contribution < 1.29 is 9.59 Å². The Balaban J connectivity index is 2.54. The van der Waals surface area contributed by atoms with E-state index < -0.39 is 0 Å². The van der Waals surface area contributed by atoms with Crippen LogP contribution in [0.3, 0.4) is 0 Å².